The zero-order chi connectivity index (χ0) is 18.9. The van der Waals surface area contributed by atoms with Crippen LogP contribution in [0, 0.1) is 5.92 Å². The largest absolute Gasteiger partial charge is 0.483 e. The first-order valence-electron chi connectivity index (χ1n) is 9.06. The van der Waals surface area contributed by atoms with Gasteiger partial charge in [-0.1, -0.05) is 13.8 Å². The Hall–Kier alpha value is -1.14. The Morgan fingerprint density at radius 3 is 2.62 bits per heavy atom. The predicted octanol–water partition coefficient (Wildman–Crippen LogP) is 3.83. The molecule has 1 aliphatic rings. The first-order chi connectivity index (χ1) is 12.7. The lowest BCUT2D eigenvalue weighted by atomic mass is 9.94. The molecule has 0 spiro atoms. The maximum atomic E-state index is 9.07. The quantitative estimate of drug-likeness (QED) is 0.391. The molecular formula is C18H28N3O3PS. The minimum Gasteiger partial charge on any atom is -0.483 e. The van der Waals surface area contributed by atoms with E-state index >= 15 is 0 Å². The van der Waals surface area contributed by atoms with Crippen LogP contribution in [0.1, 0.15) is 33.1 Å². The monoisotopic (exact) mass is 397 g/mol. The highest BCUT2D eigenvalue weighted by molar-refractivity contribution is 7.80. The number of piperidine rings is 1. The first-order valence-corrected chi connectivity index (χ1v) is 11.1. The van der Waals surface area contributed by atoms with Crippen LogP contribution in [0.5, 0.6) is 5.75 Å². The highest BCUT2D eigenvalue weighted by atomic mass is 32.1. The molecule has 0 unspecified atom stereocenters. The van der Waals surface area contributed by atoms with Crippen LogP contribution in [0.2, 0.25) is 0 Å². The predicted molar refractivity (Wildman–Crippen MR) is 111 cm³/mol. The smallest absolute Gasteiger partial charge is 0.164 e. The highest BCUT2D eigenvalue weighted by Crippen LogP contribution is 2.32. The van der Waals surface area contributed by atoms with Crippen LogP contribution in [0.15, 0.2) is 24.5 Å². The minimum absolute atomic E-state index is 0.334. The summed E-state index contributed by atoms with van der Waals surface area (Å²) in [6.07, 6.45) is 5.11. The third-order valence-corrected chi connectivity index (χ3v) is 5.26. The molecule has 3 rings (SSSR count). The Morgan fingerprint density at radius 2 is 1.96 bits per heavy atom. The van der Waals surface area contributed by atoms with Gasteiger partial charge in [-0.15, -0.1) is 12.6 Å². The summed E-state index contributed by atoms with van der Waals surface area (Å²) >= 11 is 4.07. The van der Waals surface area contributed by atoms with E-state index in [1.165, 1.54) is 0 Å². The summed E-state index contributed by atoms with van der Waals surface area (Å²) < 4.78 is 5.41. The van der Waals surface area contributed by atoms with Gasteiger partial charge in [0.25, 0.3) is 0 Å². The van der Waals surface area contributed by atoms with Crippen LogP contribution in [-0.4, -0.2) is 44.9 Å². The Balaban J connectivity index is 0.00000117. The van der Waals surface area contributed by atoms with Crippen LogP contribution in [0.25, 0.3) is 10.9 Å². The molecule has 1 saturated heterocycles. The molecule has 6 nitrogen and oxygen atoms in total. The van der Waals surface area contributed by atoms with Gasteiger partial charge in [-0.2, -0.15) is 0 Å². The molecule has 0 saturated carbocycles. The van der Waals surface area contributed by atoms with Crippen molar-refractivity contribution in [2.24, 2.45) is 5.92 Å². The van der Waals surface area contributed by atoms with Crippen molar-refractivity contribution in [3.8, 4) is 5.75 Å². The number of rotatable bonds is 6. The number of hydrogen-bond donors (Lipinski definition) is 3. The summed E-state index contributed by atoms with van der Waals surface area (Å²) in [7, 11) is -1.76. The van der Waals surface area contributed by atoms with E-state index in [2.05, 4.69) is 27.5 Å². The van der Waals surface area contributed by atoms with Gasteiger partial charge in [0.2, 0.25) is 0 Å². The first kappa shape index (κ1) is 21.2. The summed E-state index contributed by atoms with van der Waals surface area (Å²) in [4.78, 5) is 29.3. The number of ether oxygens (including phenoxy) is 1. The minimum atomic E-state index is -1.76. The van der Waals surface area contributed by atoms with E-state index in [-0.39, 0.29) is 0 Å². The van der Waals surface area contributed by atoms with Gasteiger partial charge in [-0.25, -0.2) is 9.97 Å². The van der Waals surface area contributed by atoms with Crippen molar-refractivity contribution in [3.63, 3.8) is 0 Å². The molecule has 26 heavy (non-hydrogen) atoms. The molecule has 2 N–H and O–H groups in total. The van der Waals surface area contributed by atoms with Crippen LogP contribution < -0.4 is 9.64 Å². The second-order valence-electron chi connectivity index (χ2n) is 5.96. The van der Waals surface area contributed by atoms with E-state index in [1.807, 2.05) is 32.0 Å². The summed E-state index contributed by atoms with van der Waals surface area (Å²) in [6, 6.07) is 5.83. The topological polar surface area (TPSA) is 78.7 Å². The molecule has 2 heterocycles. The van der Waals surface area contributed by atoms with Gasteiger partial charge in [0.15, 0.2) is 8.38 Å². The van der Waals surface area contributed by atoms with Crippen molar-refractivity contribution in [1.29, 1.82) is 0 Å². The molecule has 0 bridgehead atoms. The fourth-order valence-electron chi connectivity index (χ4n) is 3.17. The molecule has 2 aromatic rings. The van der Waals surface area contributed by atoms with E-state index in [4.69, 9.17) is 14.5 Å². The van der Waals surface area contributed by atoms with Gasteiger partial charge in [-0.3, -0.25) is 0 Å². The molecule has 1 aromatic carbocycles. The SMILES string of the molecule is CC.OP(O)CCC1CCN(c2ncnc3cc(OCS)ccc23)CC1. The molecule has 0 amide bonds. The van der Waals surface area contributed by atoms with Gasteiger partial charge >= 0.3 is 0 Å². The summed E-state index contributed by atoms with van der Waals surface area (Å²) in [5, 5.41) is 1.02. The number of nitrogens with zero attached hydrogens (tertiary/aromatic N) is 3. The van der Waals surface area contributed by atoms with E-state index in [1.54, 1.807) is 6.33 Å². The molecule has 0 aliphatic carbocycles. The average Bonchev–Trinajstić information content (AvgIpc) is 2.68. The summed E-state index contributed by atoms with van der Waals surface area (Å²) in [6.45, 7) is 5.86. The van der Waals surface area contributed by atoms with Crippen molar-refractivity contribution >= 4 is 37.7 Å². The van der Waals surface area contributed by atoms with Crippen LogP contribution in [0.3, 0.4) is 0 Å². The molecule has 0 radical (unpaired) electrons. The number of anilines is 1. The number of hydrogen-bond acceptors (Lipinski definition) is 7. The third-order valence-electron chi connectivity index (χ3n) is 4.47. The average molecular weight is 397 g/mol. The summed E-state index contributed by atoms with van der Waals surface area (Å²) in [5.41, 5.74) is 0.868. The van der Waals surface area contributed by atoms with Crippen molar-refractivity contribution in [2.75, 3.05) is 30.1 Å². The lowest BCUT2D eigenvalue weighted by Crippen LogP contribution is -2.34. The molecule has 8 heteroatoms. The fourth-order valence-corrected chi connectivity index (χ4v) is 3.92. The second kappa shape index (κ2) is 10.9. The zero-order valence-electron chi connectivity index (χ0n) is 15.4. The molecule has 1 aliphatic heterocycles. The summed E-state index contributed by atoms with van der Waals surface area (Å²) in [5.74, 6) is 2.61. The van der Waals surface area contributed by atoms with Crippen molar-refractivity contribution in [3.05, 3.63) is 24.5 Å². The molecular weight excluding hydrogens is 369 g/mol. The number of aromatic nitrogens is 2. The van der Waals surface area contributed by atoms with Crippen LogP contribution >= 0.6 is 21.0 Å². The van der Waals surface area contributed by atoms with E-state index < -0.39 is 8.38 Å². The molecule has 0 atom stereocenters. The standard InChI is InChI=1S/C16H22N3O3PS.C2H6/c20-23(21)8-5-12-3-6-19(7-4-12)16-14-2-1-13(22-11-24)9-15(14)17-10-18-16;1-2/h1-2,9-10,12,20-21,24H,3-8,11H2;1-2H3. The second-order valence-corrected chi connectivity index (χ2v) is 7.41. The van der Waals surface area contributed by atoms with Crippen molar-refractivity contribution in [2.45, 2.75) is 33.1 Å². The Kier molecular flexibility index (Phi) is 8.85. The van der Waals surface area contributed by atoms with Gasteiger partial charge in [0.05, 0.1) is 5.52 Å². The zero-order valence-corrected chi connectivity index (χ0v) is 17.2. The molecule has 1 aromatic heterocycles. The Labute approximate surface area is 161 Å². The van der Waals surface area contributed by atoms with Crippen molar-refractivity contribution < 1.29 is 14.5 Å². The van der Waals surface area contributed by atoms with Crippen LogP contribution in [0.4, 0.5) is 5.82 Å². The van der Waals surface area contributed by atoms with Gasteiger partial charge in [0.1, 0.15) is 23.8 Å². The van der Waals surface area contributed by atoms with E-state index in [0.29, 0.717) is 18.0 Å². The lowest BCUT2D eigenvalue weighted by Gasteiger charge is -2.33. The lowest BCUT2D eigenvalue weighted by molar-refractivity contribution is 0.386. The Morgan fingerprint density at radius 1 is 1.23 bits per heavy atom. The van der Waals surface area contributed by atoms with Gasteiger partial charge < -0.3 is 19.4 Å². The maximum Gasteiger partial charge on any atom is 0.164 e. The van der Waals surface area contributed by atoms with E-state index in [0.717, 1.165) is 54.8 Å². The van der Waals surface area contributed by atoms with Gasteiger partial charge in [0, 0.05) is 30.7 Å². The van der Waals surface area contributed by atoms with Crippen molar-refractivity contribution in [1.82, 2.24) is 9.97 Å². The normalized spacial score (nSPS) is 15.1. The molecule has 1 fully saturated rings. The number of fused-ring (bicyclic) bond motifs is 1. The molecule has 144 valence electrons. The maximum absolute atomic E-state index is 9.07. The number of thiol groups is 1. The number of benzene rings is 1. The van der Waals surface area contributed by atoms with Crippen LogP contribution in [-0.2, 0) is 0 Å². The van der Waals surface area contributed by atoms with E-state index in [9.17, 15) is 0 Å². The highest BCUT2D eigenvalue weighted by Gasteiger charge is 2.22. The Bertz CT molecular complexity index is 682. The van der Waals surface area contributed by atoms with Gasteiger partial charge in [-0.05, 0) is 37.3 Å². The fraction of sp³-hybridized carbons (Fsp3) is 0.556. The third kappa shape index (κ3) is 5.68.